The van der Waals surface area contributed by atoms with Gasteiger partial charge in [-0.2, -0.15) is 0 Å². The smallest absolute Gasteiger partial charge is 0.239 e. The molecule has 1 aliphatic rings. The summed E-state index contributed by atoms with van der Waals surface area (Å²) in [6.45, 7) is 0.627. The molecule has 1 saturated carbocycles. The fourth-order valence-electron chi connectivity index (χ4n) is 2.70. The first-order chi connectivity index (χ1) is 10.7. The van der Waals surface area contributed by atoms with Crippen molar-refractivity contribution in [2.24, 2.45) is 5.92 Å². The molecule has 2 N–H and O–H groups in total. The maximum Gasteiger partial charge on any atom is 0.239 e. The number of nitrogens with one attached hydrogen (secondary N) is 2. The first-order valence-electron chi connectivity index (χ1n) is 7.86. The number of methoxy groups -OCH3 is 1. The molecule has 0 saturated heterocycles. The highest BCUT2D eigenvalue weighted by Gasteiger charge is 2.22. The lowest BCUT2D eigenvalue weighted by atomic mass is 10.1. The van der Waals surface area contributed by atoms with Crippen LogP contribution in [0.15, 0.2) is 24.3 Å². The molecular weight excluding hydrogens is 280 g/mol. The van der Waals surface area contributed by atoms with Gasteiger partial charge < -0.3 is 15.4 Å². The predicted molar refractivity (Wildman–Crippen MR) is 84.7 cm³/mol. The van der Waals surface area contributed by atoms with Crippen molar-refractivity contribution in [3.8, 4) is 5.75 Å². The van der Waals surface area contributed by atoms with Crippen LogP contribution >= 0.6 is 0 Å². The highest BCUT2D eigenvalue weighted by Crippen LogP contribution is 2.24. The van der Waals surface area contributed by atoms with Gasteiger partial charge in [-0.05, 0) is 37.0 Å². The standard InChI is InChI=1S/C17H24N2O3/c1-22-15-8-6-13(7-9-15)10-11-18-16(20)12-19-17(21)14-4-2-3-5-14/h6-9,14H,2-5,10-12H2,1H3,(H,18,20)(H,19,21). The topological polar surface area (TPSA) is 67.4 Å². The largest absolute Gasteiger partial charge is 0.497 e. The average Bonchev–Trinajstić information content (AvgIpc) is 3.08. The van der Waals surface area contributed by atoms with Crippen molar-refractivity contribution in [1.82, 2.24) is 10.6 Å². The van der Waals surface area contributed by atoms with E-state index in [4.69, 9.17) is 4.74 Å². The van der Waals surface area contributed by atoms with E-state index in [0.717, 1.165) is 43.4 Å². The van der Waals surface area contributed by atoms with Gasteiger partial charge in [0.1, 0.15) is 5.75 Å². The average molecular weight is 304 g/mol. The number of rotatable bonds is 7. The SMILES string of the molecule is COc1ccc(CCNC(=O)CNC(=O)C2CCCC2)cc1. The Morgan fingerprint density at radius 1 is 1.14 bits per heavy atom. The van der Waals surface area contributed by atoms with Crippen LogP contribution in [-0.4, -0.2) is 32.0 Å². The molecule has 1 fully saturated rings. The molecule has 1 aromatic carbocycles. The Balaban J connectivity index is 1.61. The minimum atomic E-state index is -0.139. The predicted octanol–water partition coefficient (Wildman–Crippen LogP) is 1.66. The third-order valence-electron chi connectivity index (χ3n) is 4.04. The summed E-state index contributed by atoms with van der Waals surface area (Å²) in [6, 6.07) is 7.76. The molecule has 0 spiro atoms. The van der Waals surface area contributed by atoms with Crippen LogP contribution in [0.25, 0.3) is 0 Å². The van der Waals surface area contributed by atoms with Crippen LogP contribution in [0.2, 0.25) is 0 Å². The summed E-state index contributed by atoms with van der Waals surface area (Å²) in [5.41, 5.74) is 1.14. The number of carbonyl (C=O) groups is 2. The Labute approximate surface area is 131 Å². The summed E-state index contributed by atoms with van der Waals surface area (Å²) in [7, 11) is 1.63. The van der Waals surface area contributed by atoms with E-state index in [1.54, 1.807) is 7.11 Å². The van der Waals surface area contributed by atoms with Gasteiger partial charge in [-0.15, -0.1) is 0 Å². The molecule has 0 atom stereocenters. The van der Waals surface area contributed by atoms with E-state index in [0.29, 0.717) is 6.54 Å². The van der Waals surface area contributed by atoms with Crippen molar-refractivity contribution in [3.63, 3.8) is 0 Å². The molecule has 120 valence electrons. The van der Waals surface area contributed by atoms with Crippen LogP contribution < -0.4 is 15.4 Å². The minimum absolute atomic E-state index is 0.0165. The number of amides is 2. The third-order valence-corrected chi connectivity index (χ3v) is 4.04. The van der Waals surface area contributed by atoms with E-state index in [1.165, 1.54) is 0 Å². The van der Waals surface area contributed by atoms with Crippen LogP contribution in [-0.2, 0) is 16.0 Å². The van der Waals surface area contributed by atoms with E-state index in [2.05, 4.69) is 10.6 Å². The maximum absolute atomic E-state index is 11.8. The maximum atomic E-state index is 11.8. The highest BCUT2D eigenvalue weighted by atomic mass is 16.5. The van der Waals surface area contributed by atoms with Gasteiger partial charge in [-0.1, -0.05) is 25.0 Å². The van der Waals surface area contributed by atoms with Crippen LogP contribution in [0, 0.1) is 5.92 Å². The zero-order valence-corrected chi connectivity index (χ0v) is 13.1. The summed E-state index contributed by atoms with van der Waals surface area (Å²) in [4.78, 5) is 23.5. The van der Waals surface area contributed by atoms with E-state index in [1.807, 2.05) is 24.3 Å². The highest BCUT2D eigenvalue weighted by molar-refractivity contribution is 5.85. The molecule has 0 heterocycles. The van der Waals surface area contributed by atoms with Gasteiger partial charge in [0.05, 0.1) is 13.7 Å². The Morgan fingerprint density at radius 3 is 2.45 bits per heavy atom. The number of hydrogen-bond acceptors (Lipinski definition) is 3. The Hall–Kier alpha value is -2.04. The summed E-state index contributed by atoms with van der Waals surface area (Å²) in [5.74, 6) is 0.803. The number of benzene rings is 1. The van der Waals surface area contributed by atoms with Gasteiger partial charge in [0.2, 0.25) is 11.8 Å². The molecular formula is C17H24N2O3. The summed E-state index contributed by atoms with van der Waals surface area (Å²) < 4.78 is 5.10. The third kappa shape index (κ3) is 5.06. The van der Waals surface area contributed by atoms with Crippen LogP contribution in [0.3, 0.4) is 0 Å². The van der Waals surface area contributed by atoms with E-state index in [-0.39, 0.29) is 24.3 Å². The van der Waals surface area contributed by atoms with Crippen molar-refractivity contribution < 1.29 is 14.3 Å². The molecule has 22 heavy (non-hydrogen) atoms. The van der Waals surface area contributed by atoms with E-state index >= 15 is 0 Å². The second kappa shape index (κ2) is 8.41. The van der Waals surface area contributed by atoms with Crippen molar-refractivity contribution in [2.75, 3.05) is 20.2 Å². The van der Waals surface area contributed by atoms with Gasteiger partial charge in [0.15, 0.2) is 0 Å². The van der Waals surface area contributed by atoms with Crippen molar-refractivity contribution in [3.05, 3.63) is 29.8 Å². The molecule has 5 nitrogen and oxygen atoms in total. The fourth-order valence-corrected chi connectivity index (χ4v) is 2.70. The molecule has 2 rings (SSSR count). The quantitative estimate of drug-likeness (QED) is 0.805. The Morgan fingerprint density at radius 2 is 1.82 bits per heavy atom. The normalized spacial score (nSPS) is 14.6. The van der Waals surface area contributed by atoms with Crippen LogP contribution in [0.4, 0.5) is 0 Å². The second-order valence-corrected chi connectivity index (χ2v) is 5.65. The fraction of sp³-hybridized carbons (Fsp3) is 0.529. The first-order valence-corrected chi connectivity index (χ1v) is 7.86. The summed E-state index contributed by atoms with van der Waals surface area (Å²) in [5, 5.41) is 5.54. The molecule has 0 bridgehead atoms. The van der Waals surface area contributed by atoms with E-state index < -0.39 is 0 Å². The zero-order chi connectivity index (χ0) is 15.8. The molecule has 2 amide bonds. The van der Waals surface area contributed by atoms with Crippen LogP contribution in [0.1, 0.15) is 31.2 Å². The Kier molecular flexibility index (Phi) is 6.25. The van der Waals surface area contributed by atoms with Crippen LogP contribution in [0.5, 0.6) is 5.75 Å². The molecule has 0 aromatic heterocycles. The molecule has 0 unspecified atom stereocenters. The monoisotopic (exact) mass is 304 g/mol. The number of hydrogen-bond donors (Lipinski definition) is 2. The number of carbonyl (C=O) groups excluding carboxylic acids is 2. The lowest BCUT2D eigenvalue weighted by Crippen LogP contribution is -2.39. The first kappa shape index (κ1) is 16.3. The Bertz CT molecular complexity index is 493. The van der Waals surface area contributed by atoms with Crippen molar-refractivity contribution in [2.45, 2.75) is 32.1 Å². The van der Waals surface area contributed by atoms with Gasteiger partial charge in [0.25, 0.3) is 0 Å². The second-order valence-electron chi connectivity index (χ2n) is 5.65. The van der Waals surface area contributed by atoms with Gasteiger partial charge in [-0.25, -0.2) is 0 Å². The van der Waals surface area contributed by atoms with E-state index in [9.17, 15) is 9.59 Å². The van der Waals surface area contributed by atoms with Gasteiger partial charge in [-0.3, -0.25) is 9.59 Å². The molecule has 5 heteroatoms. The summed E-state index contributed by atoms with van der Waals surface area (Å²) >= 11 is 0. The zero-order valence-electron chi connectivity index (χ0n) is 13.1. The molecule has 0 radical (unpaired) electrons. The van der Waals surface area contributed by atoms with Gasteiger partial charge >= 0.3 is 0 Å². The molecule has 1 aromatic rings. The lowest BCUT2D eigenvalue weighted by Gasteiger charge is -2.10. The van der Waals surface area contributed by atoms with Crippen molar-refractivity contribution in [1.29, 1.82) is 0 Å². The lowest BCUT2D eigenvalue weighted by molar-refractivity contribution is -0.128. The summed E-state index contributed by atoms with van der Waals surface area (Å²) in [6.07, 6.45) is 4.89. The molecule has 1 aliphatic carbocycles. The number of ether oxygens (including phenoxy) is 1. The van der Waals surface area contributed by atoms with Crippen molar-refractivity contribution >= 4 is 11.8 Å². The minimum Gasteiger partial charge on any atom is -0.497 e. The van der Waals surface area contributed by atoms with Gasteiger partial charge in [0, 0.05) is 12.5 Å². The molecule has 0 aliphatic heterocycles.